The number of nitrogens with one attached hydrogen (secondary N) is 1. The smallest absolute Gasteiger partial charge is 0.251 e. The van der Waals surface area contributed by atoms with E-state index in [4.69, 9.17) is 0 Å². The van der Waals surface area contributed by atoms with Crippen LogP contribution in [0.3, 0.4) is 0 Å². The highest BCUT2D eigenvalue weighted by Gasteiger charge is 2.32. The van der Waals surface area contributed by atoms with Crippen LogP contribution in [0.5, 0.6) is 0 Å². The summed E-state index contributed by atoms with van der Waals surface area (Å²) in [6.07, 6.45) is 3.53. The van der Waals surface area contributed by atoms with Crippen molar-refractivity contribution < 1.29 is 9.59 Å². The fourth-order valence-electron chi connectivity index (χ4n) is 3.77. The molecule has 1 fully saturated rings. The Morgan fingerprint density at radius 1 is 1.12 bits per heavy atom. The second-order valence-electron chi connectivity index (χ2n) is 6.86. The van der Waals surface area contributed by atoms with Crippen LogP contribution >= 0.6 is 0 Å². The molecule has 0 spiro atoms. The second-order valence-corrected chi connectivity index (χ2v) is 6.86. The number of nitrogens with zero attached hydrogens (tertiary/aromatic N) is 1. The molecule has 3 rings (SSSR count). The van der Waals surface area contributed by atoms with Gasteiger partial charge < -0.3 is 10.2 Å². The minimum atomic E-state index is -0.125. The van der Waals surface area contributed by atoms with E-state index >= 15 is 0 Å². The first-order chi connectivity index (χ1) is 12.1. The van der Waals surface area contributed by atoms with Gasteiger partial charge in [-0.15, -0.1) is 0 Å². The number of hydrogen-bond donors (Lipinski definition) is 1. The van der Waals surface area contributed by atoms with Gasteiger partial charge in [0, 0.05) is 30.6 Å². The summed E-state index contributed by atoms with van der Waals surface area (Å²) in [7, 11) is 0. The molecular formula is C21H26N2O2. The molecule has 25 heavy (non-hydrogen) atoms. The van der Waals surface area contributed by atoms with Gasteiger partial charge in [0.25, 0.3) is 5.91 Å². The molecule has 2 aromatic rings. The van der Waals surface area contributed by atoms with Crippen LogP contribution in [0.4, 0.5) is 0 Å². The van der Waals surface area contributed by atoms with Crippen molar-refractivity contribution in [2.24, 2.45) is 0 Å². The molecule has 1 N–H and O–H groups in total. The molecule has 1 saturated heterocycles. The van der Waals surface area contributed by atoms with Crippen molar-refractivity contribution in [3.8, 4) is 0 Å². The van der Waals surface area contributed by atoms with Crippen LogP contribution in [0.15, 0.2) is 42.5 Å². The highest BCUT2D eigenvalue weighted by Crippen LogP contribution is 2.26. The Labute approximate surface area is 149 Å². The zero-order valence-electron chi connectivity index (χ0n) is 15.0. The van der Waals surface area contributed by atoms with Crippen LogP contribution in [0, 0.1) is 0 Å². The van der Waals surface area contributed by atoms with E-state index in [-0.39, 0.29) is 11.8 Å². The Morgan fingerprint density at radius 3 is 2.64 bits per heavy atom. The maximum Gasteiger partial charge on any atom is 0.251 e. The van der Waals surface area contributed by atoms with Gasteiger partial charge in [0.1, 0.15) is 0 Å². The lowest BCUT2D eigenvalue weighted by Gasteiger charge is -2.28. The molecule has 1 heterocycles. The SMILES string of the molecule is CCC1CCC(C)N1C(=O)CCNC(=O)c1ccc2ccccc2c1. The van der Waals surface area contributed by atoms with Crippen LogP contribution < -0.4 is 5.32 Å². The first-order valence-corrected chi connectivity index (χ1v) is 9.18. The monoisotopic (exact) mass is 338 g/mol. The topological polar surface area (TPSA) is 49.4 Å². The highest BCUT2D eigenvalue weighted by atomic mass is 16.2. The van der Waals surface area contributed by atoms with Crippen LogP contribution in [-0.2, 0) is 4.79 Å². The van der Waals surface area contributed by atoms with Gasteiger partial charge in [-0.2, -0.15) is 0 Å². The van der Waals surface area contributed by atoms with Gasteiger partial charge in [-0.25, -0.2) is 0 Å². The molecule has 132 valence electrons. The van der Waals surface area contributed by atoms with E-state index in [2.05, 4.69) is 19.2 Å². The molecule has 0 radical (unpaired) electrons. The number of benzene rings is 2. The fourth-order valence-corrected chi connectivity index (χ4v) is 3.77. The van der Waals surface area contributed by atoms with E-state index in [9.17, 15) is 9.59 Å². The summed E-state index contributed by atoms with van der Waals surface area (Å²) < 4.78 is 0. The number of fused-ring (bicyclic) bond motifs is 1. The van der Waals surface area contributed by atoms with Gasteiger partial charge in [-0.3, -0.25) is 9.59 Å². The summed E-state index contributed by atoms with van der Waals surface area (Å²) in [5.41, 5.74) is 0.632. The van der Waals surface area contributed by atoms with Gasteiger partial charge in [0.05, 0.1) is 0 Å². The van der Waals surface area contributed by atoms with Crippen molar-refractivity contribution in [2.45, 2.75) is 51.6 Å². The minimum absolute atomic E-state index is 0.125. The Morgan fingerprint density at radius 2 is 1.88 bits per heavy atom. The summed E-state index contributed by atoms with van der Waals surface area (Å²) in [6, 6.07) is 14.3. The first kappa shape index (κ1) is 17.5. The van der Waals surface area contributed by atoms with Crippen molar-refractivity contribution in [1.82, 2.24) is 10.2 Å². The summed E-state index contributed by atoms with van der Waals surface area (Å²) in [5, 5.41) is 5.04. The van der Waals surface area contributed by atoms with E-state index in [1.807, 2.05) is 47.4 Å². The molecular weight excluding hydrogens is 312 g/mol. The Balaban J connectivity index is 1.55. The van der Waals surface area contributed by atoms with E-state index in [0.717, 1.165) is 30.0 Å². The van der Waals surface area contributed by atoms with E-state index in [1.54, 1.807) is 0 Å². The molecule has 2 unspecified atom stereocenters. The number of amides is 2. The quantitative estimate of drug-likeness (QED) is 0.902. The molecule has 0 aliphatic carbocycles. The number of hydrogen-bond acceptors (Lipinski definition) is 2. The molecule has 0 saturated carbocycles. The molecule has 2 atom stereocenters. The lowest BCUT2D eigenvalue weighted by atomic mass is 10.1. The summed E-state index contributed by atoms with van der Waals surface area (Å²) in [4.78, 5) is 26.8. The Kier molecular flexibility index (Phi) is 5.37. The van der Waals surface area contributed by atoms with Crippen LogP contribution in [0.25, 0.3) is 10.8 Å². The zero-order chi connectivity index (χ0) is 17.8. The fraction of sp³-hybridized carbons (Fsp3) is 0.429. The van der Waals surface area contributed by atoms with E-state index in [1.165, 1.54) is 0 Å². The maximum atomic E-state index is 12.5. The summed E-state index contributed by atoms with van der Waals surface area (Å²) in [5.74, 6) is 0.0238. The largest absolute Gasteiger partial charge is 0.352 e. The van der Waals surface area contributed by atoms with Gasteiger partial charge in [0.15, 0.2) is 0 Å². The molecule has 2 amide bonds. The van der Waals surface area contributed by atoms with Crippen molar-refractivity contribution in [3.63, 3.8) is 0 Å². The number of rotatable bonds is 5. The van der Waals surface area contributed by atoms with Gasteiger partial charge in [-0.05, 0) is 49.1 Å². The number of carbonyl (C=O) groups is 2. The van der Waals surface area contributed by atoms with E-state index in [0.29, 0.717) is 30.6 Å². The van der Waals surface area contributed by atoms with Crippen LogP contribution in [0.1, 0.15) is 49.9 Å². The predicted molar refractivity (Wildman–Crippen MR) is 101 cm³/mol. The minimum Gasteiger partial charge on any atom is -0.352 e. The summed E-state index contributed by atoms with van der Waals surface area (Å²) in [6.45, 7) is 4.62. The zero-order valence-corrected chi connectivity index (χ0v) is 15.0. The first-order valence-electron chi connectivity index (χ1n) is 9.18. The molecule has 0 aromatic heterocycles. The number of likely N-dealkylation sites (tertiary alicyclic amines) is 1. The van der Waals surface area contributed by atoms with Gasteiger partial charge >= 0.3 is 0 Å². The van der Waals surface area contributed by atoms with Crippen LogP contribution in [-0.4, -0.2) is 35.3 Å². The predicted octanol–water partition coefficient (Wildman–Crippen LogP) is 3.75. The Hall–Kier alpha value is -2.36. The molecule has 2 aromatic carbocycles. The third-order valence-electron chi connectivity index (χ3n) is 5.18. The lowest BCUT2D eigenvalue weighted by molar-refractivity contribution is -0.133. The molecule has 4 nitrogen and oxygen atoms in total. The highest BCUT2D eigenvalue weighted by molar-refractivity contribution is 5.98. The maximum absolute atomic E-state index is 12.5. The van der Waals surface area contributed by atoms with Crippen molar-refractivity contribution in [1.29, 1.82) is 0 Å². The lowest BCUT2D eigenvalue weighted by Crippen LogP contribution is -2.41. The molecule has 4 heteroatoms. The van der Waals surface area contributed by atoms with Gasteiger partial charge in [0.2, 0.25) is 5.91 Å². The normalized spacial score (nSPS) is 20.0. The summed E-state index contributed by atoms with van der Waals surface area (Å²) >= 11 is 0. The third-order valence-corrected chi connectivity index (χ3v) is 5.18. The van der Waals surface area contributed by atoms with Crippen molar-refractivity contribution in [3.05, 3.63) is 48.0 Å². The average Bonchev–Trinajstić information content (AvgIpc) is 3.01. The molecule has 0 bridgehead atoms. The molecule has 1 aliphatic heterocycles. The van der Waals surface area contributed by atoms with Crippen LogP contribution in [0.2, 0.25) is 0 Å². The standard InChI is InChI=1S/C21H26N2O2/c1-3-19-11-8-15(2)23(19)20(24)12-13-22-21(25)18-10-9-16-6-4-5-7-17(16)14-18/h4-7,9-10,14-15,19H,3,8,11-13H2,1-2H3,(H,22,25). The second kappa shape index (κ2) is 7.68. The van der Waals surface area contributed by atoms with Crippen molar-refractivity contribution >= 4 is 22.6 Å². The van der Waals surface area contributed by atoms with Gasteiger partial charge in [-0.1, -0.05) is 37.3 Å². The van der Waals surface area contributed by atoms with E-state index < -0.39 is 0 Å². The molecule has 1 aliphatic rings. The Bertz CT molecular complexity index is 771. The average molecular weight is 338 g/mol. The van der Waals surface area contributed by atoms with Crippen molar-refractivity contribution in [2.75, 3.05) is 6.54 Å². The third kappa shape index (κ3) is 3.84. The number of carbonyl (C=O) groups excluding carboxylic acids is 2.